The largest absolute Gasteiger partial charge is 0.489 e. The van der Waals surface area contributed by atoms with Crippen molar-refractivity contribution in [2.75, 3.05) is 0 Å². The van der Waals surface area contributed by atoms with E-state index in [-0.39, 0.29) is 12.2 Å². The summed E-state index contributed by atoms with van der Waals surface area (Å²) in [7, 11) is 0. The third-order valence-electron chi connectivity index (χ3n) is 3.89. The number of carboxylic acids is 1. The molecule has 0 heterocycles. The molecule has 5 heteroatoms. The molecule has 0 amide bonds. The van der Waals surface area contributed by atoms with Gasteiger partial charge in [-0.05, 0) is 41.5 Å². The summed E-state index contributed by atoms with van der Waals surface area (Å²) in [5.41, 5.74) is 2.41. The van der Waals surface area contributed by atoms with E-state index in [0.29, 0.717) is 21.4 Å². The molecule has 1 N–H and O–H groups in total. The Kier molecular flexibility index (Phi) is 6.17. The van der Waals surface area contributed by atoms with Gasteiger partial charge < -0.3 is 9.84 Å². The van der Waals surface area contributed by atoms with Crippen LogP contribution in [0.15, 0.2) is 72.8 Å². The molecule has 0 spiro atoms. The number of aliphatic carboxylic acids is 1. The zero-order valence-corrected chi connectivity index (χ0v) is 15.7. The molecule has 0 aliphatic heterocycles. The maximum atomic E-state index is 11.6. The summed E-state index contributed by atoms with van der Waals surface area (Å²) in [6.07, 6.45) is 1.62. The van der Waals surface area contributed by atoms with Crippen molar-refractivity contribution in [3.63, 3.8) is 0 Å². The molecule has 0 aliphatic carbocycles. The number of carbonyl (C=O) groups is 1. The van der Waals surface area contributed by atoms with E-state index >= 15 is 0 Å². The minimum absolute atomic E-state index is 0.216. The second-order valence-corrected chi connectivity index (χ2v) is 6.67. The molecule has 0 radical (unpaired) electrons. The van der Waals surface area contributed by atoms with Crippen molar-refractivity contribution < 1.29 is 14.6 Å². The molecule has 0 aromatic heterocycles. The van der Waals surface area contributed by atoms with Crippen molar-refractivity contribution >= 4 is 40.8 Å². The Bertz CT molecular complexity index is 982. The first-order chi connectivity index (χ1) is 13.0. The summed E-state index contributed by atoms with van der Waals surface area (Å²) in [5, 5.41) is 10.6. The van der Waals surface area contributed by atoms with Gasteiger partial charge in [0.05, 0.1) is 5.57 Å². The fourth-order valence-electron chi connectivity index (χ4n) is 2.55. The van der Waals surface area contributed by atoms with Crippen molar-refractivity contribution in [1.29, 1.82) is 0 Å². The predicted octanol–water partition coefficient (Wildman–Crippen LogP) is 6.20. The molecule has 0 bridgehead atoms. The molecular formula is C22H16Cl2O3. The lowest BCUT2D eigenvalue weighted by Crippen LogP contribution is -1.99. The van der Waals surface area contributed by atoms with E-state index in [1.807, 2.05) is 42.5 Å². The van der Waals surface area contributed by atoms with Crippen LogP contribution in [0, 0.1) is 0 Å². The number of hydrogen-bond donors (Lipinski definition) is 1. The number of hydrogen-bond acceptors (Lipinski definition) is 2. The molecule has 0 atom stereocenters. The van der Waals surface area contributed by atoms with E-state index < -0.39 is 5.97 Å². The fraction of sp³-hybridized carbons (Fsp3) is 0.0455. The van der Waals surface area contributed by atoms with Crippen LogP contribution in [0.5, 0.6) is 5.75 Å². The molecule has 0 unspecified atom stereocenters. The van der Waals surface area contributed by atoms with Gasteiger partial charge in [-0.2, -0.15) is 0 Å². The Morgan fingerprint density at radius 1 is 0.963 bits per heavy atom. The highest BCUT2D eigenvalue weighted by Gasteiger charge is 2.10. The van der Waals surface area contributed by atoms with Gasteiger partial charge in [0.25, 0.3) is 0 Å². The molecule has 3 aromatic rings. The molecular weight excluding hydrogens is 383 g/mol. The third-order valence-corrected chi connectivity index (χ3v) is 4.48. The highest BCUT2D eigenvalue weighted by molar-refractivity contribution is 6.35. The first-order valence-corrected chi connectivity index (χ1v) is 8.96. The average molecular weight is 399 g/mol. The molecule has 3 rings (SSSR count). The van der Waals surface area contributed by atoms with Gasteiger partial charge in [0.2, 0.25) is 0 Å². The van der Waals surface area contributed by atoms with Gasteiger partial charge in [-0.25, -0.2) is 4.79 Å². The highest BCUT2D eigenvalue weighted by Crippen LogP contribution is 2.24. The molecule has 0 saturated heterocycles. The topological polar surface area (TPSA) is 46.5 Å². The number of ether oxygens (including phenoxy) is 1. The van der Waals surface area contributed by atoms with Gasteiger partial charge in [0.15, 0.2) is 0 Å². The van der Waals surface area contributed by atoms with Crippen LogP contribution in [0.3, 0.4) is 0 Å². The predicted molar refractivity (Wildman–Crippen MR) is 109 cm³/mol. The smallest absolute Gasteiger partial charge is 0.336 e. The summed E-state index contributed by atoms with van der Waals surface area (Å²) in [6, 6.07) is 21.5. The Morgan fingerprint density at radius 2 is 1.74 bits per heavy atom. The van der Waals surface area contributed by atoms with E-state index in [9.17, 15) is 9.90 Å². The first kappa shape index (κ1) is 19.0. The van der Waals surface area contributed by atoms with Crippen LogP contribution in [0.1, 0.15) is 16.7 Å². The Labute approximate surface area is 167 Å². The zero-order valence-electron chi connectivity index (χ0n) is 14.2. The van der Waals surface area contributed by atoms with Gasteiger partial charge in [-0.3, -0.25) is 0 Å². The van der Waals surface area contributed by atoms with Crippen LogP contribution in [0.4, 0.5) is 0 Å². The minimum atomic E-state index is -0.986. The summed E-state index contributed by atoms with van der Waals surface area (Å²) in [4.78, 5) is 11.6. The number of benzene rings is 3. The van der Waals surface area contributed by atoms with Gasteiger partial charge in [-0.1, -0.05) is 71.7 Å². The van der Waals surface area contributed by atoms with Gasteiger partial charge in [-0.15, -0.1) is 0 Å². The molecule has 136 valence electrons. The van der Waals surface area contributed by atoms with Crippen molar-refractivity contribution in [3.05, 3.63) is 99.5 Å². The third kappa shape index (κ3) is 5.13. The second kappa shape index (κ2) is 8.76. The van der Waals surface area contributed by atoms with E-state index in [4.69, 9.17) is 27.9 Å². The van der Waals surface area contributed by atoms with Crippen LogP contribution in [-0.4, -0.2) is 11.1 Å². The second-order valence-electron chi connectivity index (χ2n) is 5.83. The molecule has 0 fully saturated rings. The standard InChI is InChI=1S/C22H16Cl2O3/c23-18-10-9-17(21(24)13-18)14-27-19-8-4-5-15(11-19)12-20(22(25)26)16-6-2-1-3-7-16/h1-13H,14H2,(H,25,26)/b20-12-. The molecule has 0 aliphatic rings. The minimum Gasteiger partial charge on any atom is -0.489 e. The highest BCUT2D eigenvalue weighted by atomic mass is 35.5. The van der Waals surface area contributed by atoms with E-state index in [2.05, 4.69) is 0 Å². The van der Waals surface area contributed by atoms with Crippen LogP contribution in [0.2, 0.25) is 10.0 Å². The number of halogens is 2. The van der Waals surface area contributed by atoms with Crippen LogP contribution < -0.4 is 4.74 Å². The Hall–Kier alpha value is -2.75. The lowest BCUT2D eigenvalue weighted by atomic mass is 10.0. The number of carboxylic acid groups (broad SMARTS) is 1. The Balaban J connectivity index is 1.81. The first-order valence-electron chi connectivity index (χ1n) is 8.20. The van der Waals surface area contributed by atoms with Crippen LogP contribution >= 0.6 is 23.2 Å². The molecule has 0 saturated carbocycles. The quantitative estimate of drug-likeness (QED) is 0.397. The van der Waals surface area contributed by atoms with E-state index in [1.54, 1.807) is 36.4 Å². The normalized spacial score (nSPS) is 11.3. The van der Waals surface area contributed by atoms with Crippen molar-refractivity contribution in [2.45, 2.75) is 6.61 Å². The zero-order chi connectivity index (χ0) is 19.2. The van der Waals surface area contributed by atoms with Crippen LogP contribution in [0.25, 0.3) is 11.6 Å². The van der Waals surface area contributed by atoms with Gasteiger partial charge >= 0.3 is 5.97 Å². The molecule has 27 heavy (non-hydrogen) atoms. The maximum absolute atomic E-state index is 11.6. The molecule has 3 nitrogen and oxygen atoms in total. The lowest BCUT2D eigenvalue weighted by Gasteiger charge is -2.09. The summed E-state index contributed by atoms with van der Waals surface area (Å²) in [6.45, 7) is 0.285. The van der Waals surface area contributed by atoms with Crippen LogP contribution in [-0.2, 0) is 11.4 Å². The van der Waals surface area contributed by atoms with E-state index in [1.165, 1.54) is 0 Å². The van der Waals surface area contributed by atoms with Crippen molar-refractivity contribution in [1.82, 2.24) is 0 Å². The number of rotatable bonds is 6. The van der Waals surface area contributed by atoms with Crippen molar-refractivity contribution in [2.24, 2.45) is 0 Å². The fourth-order valence-corrected chi connectivity index (χ4v) is 3.01. The van der Waals surface area contributed by atoms with Gasteiger partial charge in [0, 0.05) is 15.6 Å². The molecule has 3 aromatic carbocycles. The monoisotopic (exact) mass is 398 g/mol. The SMILES string of the molecule is O=C(O)/C(=C\c1cccc(OCc2ccc(Cl)cc2Cl)c1)c1ccccc1. The van der Waals surface area contributed by atoms with Gasteiger partial charge in [0.1, 0.15) is 12.4 Å². The Morgan fingerprint density at radius 3 is 2.44 bits per heavy atom. The summed E-state index contributed by atoms with van der Waals surface area (Å²) in [5.74, 6) is -0.368. The summed E-state index contributed by atoms with van der Waals surface area (Å²) < 4.78 is 5.80. The lowest BCUT2D eigenvalue weighted by molar-refractivity contribution is -0.130. The average Bonchev–Trinajstić information content (AvgIpc) is 2.66. The van der Waals surface area contributed by atoms with E-state index in [0.717, 1.165) is 11.1 Å². The van der Waals surface area contributed by atoms with Crippen molar-refractivity contribution in [3.8, 4) is 5.75 Å². The summed E-state index contributed by atoms with van der Waals surface area (Å²) >= 11 is 12.1. The maximum Gasteiger partial charge on any atom is 0.336 e.